The molecule has 2 rings (SSSR count). The molecule has 2 N–H and O–H groups in total. The summed E-state index contributed by atoms with van der Waals surface area (Å²) in [5.41, 5.74) is 0.489. The van der Waals surface area contributed by atoms with Crippen LogP contribution in [-0.2, 0) is 9.53 Å². The Hall–Kier alpha value is -1.17. The summed E-state index contributed by atoms with van der Waals surface area (Å²) < 4.78 is 18.6. The zero-order valence-electron chi connectivity index (χ0n) is 11.1. The molecular weight excluding hydrogens is 283 g/mol. The highest BCUT2D eigenvalue weighted by molar-refractivity contribution is 6.31. The lowest BCUT2D eigenvalue weighted by Gasteiger charge is -2.22. The molecule has 1 aliphatic heterocycles. The van der Waals surface area contributed by atoms with E-state index in [4.69, 9.17) is 16.3 Å². The van der Waals surface area contributed by atoms with Crippen molar-refractivity contribution in [2.24, 2.45) is 0 Å². The predicted octanol–water partition coefficient (Wildman–Crippen LogP) is 2.58. The maximum absolute atomic E-state index is 13.0. The Bertz CT molecular complexity index is 464. The average molecular weight is 301 g/mol. The largest absolute Gasteiger partial charge is 0.378 e. The summed E-state index contributed by atoms with van der Waals surface area (Å²) in [6.45, 7) is 2.32. The number of carbonyl (C=O) groups excluding carboxylic acids is 1. The van der Waals surface area contributed by atoms with E-state index in [1.807, 2.05) is 0 Å². The molecule has 1 aromatic carbocycles. The van der Waals surface area contributed by atoms with Gasteiger partial charge in [-0.1, -0.05) is 11.6 Å². The van der Waals surface area contributed by atoms with E-state index in [-0.39, 0.29) is 23.5 Å². The second-order valence-corrected chi connectivity index (χ2v) is 5.15. The minimum Gasteiger partial charge on any atom is -0.378 e. The Morgan fingerprint density at radius 1 is 1.45 bits per heavy atom. The fraction of sp³-hybridized carbons (Fsp3) is 0.500. The topological polar surface area (TPSA) is 50.4 Å². The van der Waals surface area contributed by atoms with E-state index in [1.165, 1.54) is 18.2 Å². The molecule has 0 saturated carbocycles. The predicted molar refractivity (Wildman–Crippen MR) is 76.5 cm³/mol. The van der Waals surface area contributed by atoms with E-state index in [0.29, 0.717) is 12.3 Å². The lowest BCUT2D eigenvalue weighted by Crippen LogP contribution is -2.33. The van der Waals surface area contributed by atoms with Crippen molar-refractivity contribution < 1.29 is 13.9 Å². The summed E-state index contributed by atoms with van der Waals surface area (Å²) in [6, 6.07) is 4.10. The number of ether oxygens (including phenoxy) is 1. The van der Waals surface area contributed by atoms with Gasteiger partial charge in [-0.3, -0.25) is 4.79 Å². The first-order chi connectivity index (χ1) is 9.65. The SMILES string of the molecule is O=C(CCOC1CCNCC1)Nc1ccc(F)c(Cl)c1. The zero-order chi connectivity index (χ0) is 14.4. The molecule has 0 spiro atoms. The van der Waals surface area contributed by atoms with Gasteiger partial charge in [-0.05, 0) is 44.1 Å². The minimum atomic E-state index is -0.501. The van der Waals surface area contributed by atoms with Gasteiger partial charge in [0.05, 0.1) is 24.2 Å². The summed E-state index contributed by atoms with van der Waals surface area (Å²) in [5.74, 6) is -0.666. The van der Waals surface area contributed by atoms with Gasteiger partial charge >= 0.3 is 0 Å². The number of hydrogen-bond donors (Lipinski definition) is 2. The third-order valence-corrected chi connectivity index (χ3v) is 3.46. The van der Waals surface area contributed by atoms with Crippen LogP contribution in [0.25, 0.3) is 0 Å². The zero-order valence-corrected chi connectivity index (χ0v) is 11.9. The van der Waals surface area contributed by atoms with Crippen LogP contribution >= 0.6 is 11.6 Å². The Morgan fingerprint density at radius 3 is 2.90 bits per heavy atom. The Balaban J connectivity index is 1.70. The molecule has 1 fully saturated rings. The van der Waals surface area contributed by atoms with E-state index in [1.54, 1.807) is 0 Å². The fourth-order valence-electron chi connectivity index (χ4n) is 2.08. The molecule has 0 aromatic heterocycles. The second-order valence-electron chi connectivity index (χ2n) is 4.75. The van der Waals surface area contributed by atoms with Crippen molar-refractivity contribution >= 4 is 23.2 Å². The average Bonchev–Trinajstić information content (AvgIpc) is 2.44. The number of carbonyl (C=O) groups is 1. The van der Waals surface area contributed by atoms with Crippen LogP contribution < -0.4 is 10.6 Å². The summed E-state index contributed by atoms with van der Waals surface area (Å²) in [7, 11) is 0. The van der Waals surface area contributed by atoms with Crippen molar-refractivity contribution in [1.29, 1.82) is 0 Å². The highest BCUT2D eigenvalue weighted by atomic mass is 35.5. The number of amides is 1. The number of rotatable bonds is 5. The third kappa shape index (κ3) is 4.74. The summed E-state index contributed by atoms with van der Waals surface area (Å²) in [6.07, 6.45) is 2.48. The summed E-state index contributed by atoms with van der Waals surface area (Å²) in [4.78, 5) is 11.7. The molecule has 1 amide bonds. The van der Waals surface area contributed by atoms with E-state index >= 15 is 0 Å². The molecular formula is C14H18ClFN2O2. The molecule has 0 aliphatic carbocycles. The standard InChI is InChI=1S/C14H18ClFN2O2/c15-12-9-10(1-2-13(12)16)18-14(19)5-8-20-11-3-6-17-7-4-11/h1-2,9,11,17H,3-8H2,(H,18,19). The van der Waals surface area contributed by atoms with Gasteiger partial charge in [0.1, 0.15) is 5.82 Å². The number of piperidine rings is 1. The van der Waals surface area contributed by atoms with Crippen LogP contribution in [0.1, 0.15) is 19.3 Å². The molecule has 0 atom stereocenters. The van der Waals surface area contributed by atoms with Crippen LogP contribution in [0.15, 0.2) is 18.2 Å². The molecule has 1 saturated heterocycles. The Morgan fingerprint density at radius 2 is 2.20 bits per heavy atom. The molecule has 1 heterocycles. The van der Waals surface area contributed by atoms with Crippen LogP contribution in [0, 0.1) is 5.82 Å². The molecule has 1 aliphatic rings. The maximum atomic E-state index is 13.0. The normalized spacial score (nSPS) is 16.1. The molecule has 0 unspecified atom stereocenters. The molecule has 4 nitrogen and oxygen atoms in total. The van der Waals surface area contributed by atoms with Crippen molar-refractivity contribution in [2.75, 3.05) is 25.0 Å². The van der Waals surface area contributed by atoms with E-state index in [9.17, 15) is 9.18 Å². The van der Waals surface area contributed by atoms with Crippen molar-refractivity contribution in [3.8, 4) is 0 Å². The molecule has 1 aromatic rings. The van der Waals surface area contributed by atoms with Gasteiger partial charge in [0.15, 0.2) is 0 Å². The van der Waals surface area contributed by atoms with Gasteiger partial charge in [0, 0.05) is 5.69 Å². The van der Waals surface area contributed by atoms with Crippen LogP contribution in [0.3, 0.4) is 0 Å². The molecule has 0 bridgehead atoms. The first-order valence-electron chi connectivity index (χ1n) is 6.72. The first-order valence-corrected chi connectivity index (χ1v) is 7.10. The van der Waals surface area contributed by atoms with Crippen LogP contribution in [0.4, 0.5) is 10.1 Å². The molecule has 0 radical (unpaired) electrons. The number of anilines is 1. The third-order valence-electron chi connectivity index (χ3n) is 3.17. The highest BCUT2D eigenvalue weighted by Gasteiger charge is 2.13. The van der Waals surface area contributed by atoms with Gasteiger partial charge in [0.2, 0.25) is 5.91 Å². The van der Waals surface area contributed by atoms with E-state index < -0.39 is 5.82 Å². The fourth-order valence-corrected chi connectivity index (χ4v) is 2.26. The van der Waals surface area contributed by atoms with Crippen molar-refractivity contribution in [3.63, 3.8) is 0 Å². The summed E-state index contributed by atoms with van der Waals surface area (Å²) >= 11 is 5.65. The number of benzene rings is 1. The summed E-state index contributed by atoms with van der Waals surface area (Å²) in [5, 5.41) is 5.91. The maximum Gasteiger partial charge on any atom is 0.226 e. The lowest BCUT2D eigenvalue weighted by atomic mass is 10.1. The lowest BCUT2D eigenvalue weighted by molar-refractivity contribution is -0.117. The number of hydrogen-bond acceptors (Lipinski definition) is 3. The van der Waals surface area contributed by atoms with Crippen molar-refractivity contribution in [3.05, 3.63) is 29.0 Å². The minimum absolute atomic E-state index is 0.00578. The van der Waals surface area contributed by atoms with Crippen LogP contribution in [-0.4, -0.2) is 31.7 Å². The Labute approximate surface area is 122 Å². The first kappa shape index (κ1) is 15.2. The van der Waals surface area contributed by atoms with Gasteiger partial charge in [-0.2, -0.15) is 0 Å². The van der Waals surface area contributed by atoms with Crippen LogP contribution in [0.2, 0.25) is 5.02 Å². The smallest absolute Gasteiger partial charge is 0.226 e. The van der Waals surface area contributed by atoms with E-state index in [2.05, 4.69) is 10.6 Å². The highest BCUT2D eigenvalue weighted by Crippen LogP contribution is 2.19. The van der Waals surface area contributed by atoms with Crippen LogP contribution in [0.5, 0.6) is 0 Å². The van der Waals surface area contributed by atoms with E-state index in [0.717, 1.165) is 25.9 Å². The molecule has 110 valence electrons. The monoisotopic (exact) mass is 300 g/mol. The second kappa shape index (κ2) is 7.57. The van der Waals surface area contributed by atoms with Gasteiger partial charge in [0.25, 0.3) is 0 Å². The molecule has 6 heteroatoms. The van der Waals surface area contributed by atoms with Crippen molar-refractivity contribution in [2.45, 2.75) is 25.4 Å². The molecule has 20 heavy (non-hydrogen) atoms. The quantitative estimate of drug-likeness (QED) is 0.879. The van der Waals surface area contributed by atoms with Crippen molar-refractivity contribution in [1.82, 2.24) is 5.32 Å². The van der Waals surface area contributed by atoms with Gasteiger partial charge in [-0.15, -0.1) is 0 Å². The number of nitrogens with one attached hydrogen (secondary N) is 2. The van der Waals surface area contributed by atoms with Gasteiger partial charge < -0.3 is 15.4 Å². The van der Waals surface area contributed by atoms with Gasteiger partial charge in [-0.25, -0.2) is 4.39 Å². The number of halogens is 2. The Kier molecular flexibility index (Phi) is 5.76.